The molecule has 0 spiro atoms. The second-order valence-electron chi connectivity index (χ2n) is 7.11. The van der Waals surface area contributed by atoms with E-state index in [-0.39, 0.29) is 11.5 Å². The highest BCUT2D eigenvalue weighted by molar-refractivity contribution is 14.1. The summed E-state index contributed by atoms with van der Waals surface area (Å²) in [5.41, 5.74) is 3.03. The number of benzene rings is 2. The molecule has 0 bridgehead atoms. The highest BCUT2D eigenvalue weighted by Gasteiger charge is 2.25. The number of nitrogens with one attached hydrogen (secondary N) is 2. The molecule has 0 saturated carbocycles. The molecule has 1 atom stereocenters. The van der Waals surface area contributed by atoms with Crippen molar-refractivity contribution in [3.8, 4) is 11.5 Å². The van der Waals surface area contributed by atoms with Gasteiger partial charge < -0.3 is 14.8 Å². The predicted molar refractivity (Wildman–Crippen MR) is 130 cm³/mol. The molecule has 0 aliphatic rings. The Morgan fingerprint density at radius 3 is 2.47 bits per heavy atom. The maximum Gasteiger partial charge on any atom is 0.262 e. The number of carbonyl (C=O) groups excluding carboxylic acids is 2. The Morgan fingerprint density at radius 1 is 1.16 bits per heavy atom. The van der Waals surface area contributed by atoms with Crippen LogP contribution in [0.1, 0.15) is 43.6 Å². The first-order valence-electron chi connectivity index (χ1n) is 10.3. The molecule has 32 heavy (non-hydrogen) atoms. The third-order valence-electron chi connectivity index (χ3n) is 4.36. The molecule has 172 valence electrons. The van der Waals surface area contributed by atoms with Crippen LogP contribution in [-0.2, 0) is 4.79 Å². The molecular formula is C23H27FIN3O4. The minimum atomic E-state index is -0.890. The van der Waals surface area contributed by atoms with E-state index in [1.165, 1.54) is 24.4 Å². The second kappa shape index (κ2) is 12.4. The van der Waals surface area contributed by atoms with Crippen LogP contribution in [0.2, 0.25) is 0 Å². The molecule has 0 heterocycles. The van der Waals surface area contributed by atoms with Crippen molar-refractivity contribution in [2.75, 3.05) is 13.2 Å². The second-order valence-corrected chi connectivity index (χ2v) is 8.27. The largest absolute Gasteiger partial charge is 0.490 e. The van der Waals surface area contributed by atoms with Crippen LogP contribution in [-0.4, -0.2) is 37.3 Å². The number of rotatable bonds is 10. The van der Waals surface area contributed by atoms with Gasteiger partial charge in [0.1, 0.15) is 11.9 Å². The first-order chi connectivity index (χ1) is 15.3. The van der Waals surface area contributed by atoms with Crippen molar-refractivity contribution in [2.45, 2.75) is 33.7 Å². The van der Waals surface area contributed by atoms with Gasteiger partial charge in [0.2, 0.25) is 0 Å². The van der Waals surface area contributed by atoms with E-state index < -0.39 is 23.7 Å². The van der Waals surface area contributed by atoms with Gasteiger partial charge in [-0.3, -0.25) is 9.59 Å². The number of carbonyl (C=O) groups is 2. The van der Waals surface area contributed by atoms with Gasteiger partial charge in [-0.15, -0.1) is 0 Å². The summed E-state index contributed by atoms with van der Waals surface area (Å²) in [6, 6.07) is 8.34. The zero-order valence-corrected chi connectivity index (χ0v) is 20.6. The molecule has 2 amide bonds. The lowest BCUT2D eigenvalue weighted by molar-refractivity contribution is -0.123. The van der Waals surface area contributed by atoms with Gasteiger partial charge in [-0.25, -0.2) is 9.82 Å². The minimum absolute atomic E-state index is 0.123. The number of halogens is 2. The van der Waals surface area contributed by atoms with Crippen LogP contribution >= 0.6 is 22.6 Å². The van der Waals surface area contributed by atoms with Gasteiger partial charge in [-0.1, -0.05) is 26.0 Å². The molecule has 9 heteroatoms. The molecule has 0 fully saturated rings. The van der Waals surface area contributed by atoms with Crippen molar-refractivity contribution in [3.05, 3.63) is 56.9 Å². The Hall–Kier alpha value is -2.69. The summed E-state index contributed by atoms with van der Waals surface area (Å²) in [5.74, 6) is -0.814. The molecule has 0 radical (unpaired) electrons. The summed E-state index contributed by atoms with van der Waals surface area (Å²) < 4.78 is 26.0. The number of nitrogens with zero attached hydrogens (tertiary/aromatic N) is 1. The minimum Gasteiger partial charge on any atom is -0.490 e. The first kappa shape index (κ1) is 25.6. The number of ether oxygens (including phenoxy) is 2. The fraction of sp³-hybridized carbons (Fsp3) is 0.348. The van der Waals surface area contributed by atoms with Gasteiger partial charge in [0.15, 0.2) is 11.5 Å². The smallest absolute Gasteiger partial charge is 0.262 e. The average Bonchev–Trinajstić information content (AvgIpc) is 2.74. The molecule has 0 aromatic heterocycles. The van der Waals surface area contributed by atoms with E-state index in [0.29, 0.717) is 30.3 Å². The van der Waals surface area contributed by atoms with Crippen LogP contribution in [0, 0.1) is 15.3 Å². The fourth-order valence-electron chi connectivity index (χ4n) is 2.85. The molecule has 2 N–H and O–H groups in total. The van der Waals surface area contributed by atoms with E-state index >= 15 is 0 Å². The summed E-state index contributed by atoms with van der Waals surface area (Å²) in [5, 5.41) is 6.59. The third kappa shape index (κ3) is 6.91. The molecule has 7 nitrogen and oxygen atoms in total. The molecule has 0 aliphatic heterocycles. The molecular weight excluding hydrogens is 528 g/mol. The van der Waals surface area contributed by atoms with E-state index in [1.807, 2.05) is 19.9 Å². The Balaban J connectivity index is 2.11. The van der Waals surface area contributed by atoms with Gasteiger partial charge in [0.05, 0.1) is 28.6 Å². The van der Waals surface area contributed by atoms with Crippen LogP contribution in [0.15, 0.2) is 41.5 Å². The monoisotopic (exact) mass is 555 g/mol. The molecule has 0 aliphatic carbocycles. The van der Waals surface area contributed by atoms with E-state index in [2.05, 4.69) is 38.4 Å². The van der Waals surface area contributed by atoms with E-state index in [9.17, 15) is 14.0 Å². The van der Waals surface area contributed by atoms with Crippen molar-refractivity contribution < 1.29 is 23.5 Å². The predicted octanol–water partition coefficient (Wildman–Crippen LogP) is 4.13. The molecule has 2 rings (SSSR count). The lowest BCUT2D eigenvalue weighted by atomic mass is 10.0. The normalized spacial score (nSPS) is 12.0. The van der Waals surface area contributed by atoms with E-state index in [0.717, 1.165) is 3.57 Å². The Labute approximate surface area is 200 Å². The standard InChI is InChI=1S/C23H27FIN3O4/c1-5-31-19-12-15(11-18(25)21(19)32-6-2)13-26-28-23(30)20(14(3)4)27-22(29)16-9-7-8-10-17(16)24/h7-14,20H,5-6H2,1-4H3,(H,27,29)(H,28,30). The van der Waals surface area contributed by atoms with E-state index in [4.69, 9.17) is 9.47 Å². The summed E-state index contributed by atoms with van der Waals surface area (Å²) in [7, 11) is 0. The Morgan fingerprint density at radius 2 is 1.84 bits per heavy atom. The van der Waals surface area contributed by atoms with Gasteiger partial charge in [0, 0.05) is 0 Å². The summed E-state index contributed by atoms with van der Waals surface area (Å²) in [6.45, 7) is 8.32. The number of hydrogen-bond donors (Lipinski definition) is 2. The van der Waals surface area contributed by atoms with Gasteiger partial charge in [-0.2, -0.15) is 5.10 Å². The highest BCUT2D eigenvalue weighted by atomic mass is 127. The lowest BCUT2D eigenvalue weighted by Gasteiger charge is -2.20. The number of hydrogen-bond acceptors (Lipinski definition) is 5. The van der Waals surface area contributed by atoms with Crippen molar-refractivity contribution in [1.29, 1.82) is 0 Å². The maximum absolute atomic E-state index is 13.9. The van der Waals surface area contributed by atoms with Gasteiger partial charge in [0.25, 0.3) is 11.8 Å². The van der Waals surface area contributed by atoms with Crippen LogP contribution in [0.3, 0.4) is 0 Å². The lowest BCUT2D eigenvalue weighted by Crippen LogP contribution is -2.48. The fourth-order valence-corrected chi connectivity index (χ4v) is 3.63. The van der Waals surface area contributed by atoms with Crippen LogP contribution in [0.25, 0.3) is 0 Å². The van der Waals surface area contributed by atoms with Crippen molar-refractivity contribution in [2.24, 2.45) is 11.0 Å². The van der Waals surface area contributed by atoms with Crippen LogP contribution < -0.4 is 20.2 Å². The van der Waals surface area contributed by atoms with E-state index in [1.54, 1.807) is 26.0 Å². The number of hydrazone groups is 1. The van der Waals surface area contributed by atoms with Crippen molar-refractivity contribution >= 4 is 40.6 Å². The zero-order chi connectivity index (χ0) is 23.7. The first-order valence-corrected chi connectivity index (χ1v) is 11.3. The van der Waals surface area contributed by atoms with Gasteiger partial charge in [-0.05, 0) is 72.2 Å². The van der Waals surface area contributed by atoms with Crippen molar-refractivity contribution in [1.82, 2.24) is 10.7 Å². The summed E-state index contributed by atoms with van der Waals surface area (Å²) in [6.07, 6.45) is 1.48. The molecule has 2 aromatic carbocycles. The van der Waals surface area contributed by atoms with Gasteiger partial charge >= 0.3 is 0 Å². The molecule has 1 unspecified atom stereocenters. The number of amides is 2. The summed E-state index contributed by atoms with van der Waals surface area (Å²) in [4.78, 5) is 25.0. The quantitative estimate of drug-likeness (QED) is 0.262. The Kier molecular flexibility index (Phi) is 9.89. The average molecular weight is 555 g/mol. The van der Waals surface area contributed by atoms with Crippen LogP contribution in [0.4, 0.5) is 4.39 Å². The third-order valence-corrected chi connectivity index (χ3v) is 5.16. The topological polar surface area (TPSA) is 89.0 Å². The SMILES string of the molecule is CCOc1cc(C=NNC(=O)C(NC(=O)c2ccccc2F)C(C)C)cc(I)c1OCC. The maximum atomic E-state index is 13.9. The summed E-state index contributed by atoms with van der Waals surface area (Å²) >= 11 is 2.15. The van der Waals surface area contributed by atoms with Crippen LogP contribution in [0.5, 0.6) is 11.5 Å². The molecule has 2 aromatic rings. The zero-order valence-electron chi connectivity index (χ0n) is 18.4. The van der Waals surface area contributed by atoms with Crippen molar-refractivity contribution in [3.63, 3.8) is 0 Å². The highest BCUT2D eigenvalue weighted by Crippen LogP contribution is 2.33. The Bertz CT molecular complexity index is 982. The molecule has 0 saturated heterocycles.